The fourth-order valence-corrected chi connectivity index (χ4v) is 4.88. The summed E-state index contributed by atoms with van der Waals surface area (Å²) >= 11 is 0. The molecule has 1 heterocycles. The van der Waals surface area contributed by atoms with Gasteiger partial charge in [-0.15, -0.1) is 0 Å². The summed E-state index contributed by atoms with van der Waals surface area (Å²) in [5.41, 5.74) is 1.84. The molecule has 1 amide bonds. The maximum Gasteiger partial charge on any atom is 0.255 e. The summed E-state index contributed by atoms with van der Waals surface area (Å²) in [4.78, 5) is 12.5. The predicted molar refractivity (Wildman–Crippen MR) is 111 cm³/mol. The van der Waals surface area contributed by atoms with Gasteiger partial charge in [-0.25, -0.2) is 13.1 Å². The van der Waals surface area contributed by atoms with Crippen molar-refractivity contribution in [2.45, 2.75) is 37.6 Å². The van der Waals surface area contributed by atoms with Gasteiger partial charge in [0.1, 0.15) is 0 Å². The van der Waals surface area contributed by atoms with E-state index in [4.69, 9.17) is 0 Å². The molecule has 28 heavy (non-hydrogen) atoms. The van der Waals surface area contributed by atoms with E-state index in [1.807, 2.05) is 13.0 Å². The van der Waals surface area contributed by atoms with Gasteiger partial charge in [0.15, 0.2) is 0 Å². The van der Waals surface area contributed by atoms with E-state index in [9.17, 15) is 13.2 Å². The van der Waals surface area contributed by atoms with E-state index in [1.165, 1.54) is 6.07 Å². The van der Waals surface area contributed by atoms with Crippen LogP contribution in [0, 0.1) is 12.8 Å². The van der Waals surface area contributed by atoms with E-state index < -0.39 is 10.0 Å². The molecule has 0 aromatic heterocycles. The third-order valence-electron chi connectivity index (χ3n) is 5.22. The second-order valence-corrected chi connectivity index (χ2v) is 9.01. The monoisotopic (exact) mass is 401 g/mol. The fourth-order valence-electron chi connectivity index (χ4n) is 3.48. The van der Waals surface area contributed by atoms with Crippen molar-refractivity contribution in [3.8, 4) is 0 Å². The van der Waals surface area contributed by atoms with E-state index in [-0.39, 0.29) is 16.8 Å². The maximum atomic E-state index is 12.8. The second kappa shape index (κ2) is 8.86. The Bertz CT molecular complexity index is 923. The zero-order valence-electron chi connectivity index (χ0n) is 16.2. The normalized spacial score (nSPS) is 16.5. The van der Waals surface area contributed by atoms with Crippen LogP contribution in [0.5, 0.6) is 0 Å². The molecule has 150 valence electrons. The molecule has 1 unspecified atom stereocenters. The minimum absolute atomic E-state index is 0.120. The zero-order chi connectivity index (χ0) is 20.1. The number of amides is 1. The molecule has 6 nitrogen and oxygen atoms in total. The SMILES string of the molecule is Cc1cc(S(=O)(=O)NC(C)C2CCNCC2)ccc1NC(=O)c1ccccc1. The number of benzene rings is 2. The third-order valence-corrected chi connectivity index (χ3v) is 6.78. The van der Waals surface area contributed by atoms with Crippen LogP contribution in [0.15, 0.2) is 53.4 Å². The van der Waals surface area contributed by atoms with Crippen LogP contribution in [-0.4, -0.2) is 33.5 Å². The highest BCUT2D eigenvalue weighted by molar-refractivity contribution is 7.89. The number of carbonyl (C=O) groups is 1. The second-order valence-electron chi connectivity index (χ2n) is 7.29. The van der Waals surface area contributed by atoms with Crippen molar-refractivity contribution in [3.63, 3.8) is 0 Å². The number of carbonyl (C=O) groups excluding carboxylic acids is 1. The van der Waals surface area contributed by atoms with Gasteiger partial charge in [-0.2, -0.15) is 0 Å². The molecule has 1 saturated heterocycles. The lowest BCUT2D eigenvalue weighted by molar-refractivity contribution is 0.102. The van der Waals surface area contributed by atoms with Crippen LogP contribution < -0.4 is 15.4 Å². The van der Waals surface area contributed by atoms with Crippen molar-refractivity contribution in [2.24, 2.45) is 5.92 Å². The van der Waals surface area contributed by atoms with Crippen molar-refractivity contribution in [1.82, 2.24) is 10.0 Å². The molecular formula is C21H27N3O3S. The van der Waals surface area contributed by atoms with Crippen molar-refractivity contribution < 1.29 is 13.2 Å². The van der Waals surface area contributed by atoms with Crippen LogP contribution in [0.3, 0.4) is 0 Å². The summed E-state index contributed by atoms with van der Waals surface area (Å²) < 4.78 is 28.4. The van der Waals surface area contributed by atoms with E-state index in [0.29, 0.717) is 22.7 Å². The lowest BCUT2D eigenvalue weighted by atomic mass is 9.92. The predicted octanol–water partition coefficient (Wildman–Crippen LogP) is 2.91. The van der Waals surface area contributed by atoms with Crippen LogP contribution in [0.1, 0.15) is 35.7 Å². The standard InChI is InChI=1S/C21H27N3O3S/c1-15-14-19(28(26,27)24-16(2)17-10-12-22-13-11-17)8-9-20(15)23-21(25)18-6-4-3-5-7-18/h3-9,14,16-17,22,24H,10-13H2,1-2H3,(H,23,25). The maximum absolute atomic E-state index is 12.8. The molecule has 0 saturated carbocycles. The highest BCUT2D eigenvalue weighted by atomic mass is 32.2. The highest BCUT2D eigenvalue weighted by Gasteiger charge is 2.25. The van der Waals surface area contributed by atoms with Crippen LogP contribution in [0.2, 0.25) is 0 Å². The summed E-state index contributed by atoms with van der Waals surface area (Å²) in [6, 6.07) is 13.6. The summed E-state index contributed by atoms with van der Waals surface area (Å²) in [5.74, 6) is 0.110. The first kappa shape index (κ1) is 20.5. The molecular weight excluding hydrogens is 374 g/mol. The number of hydrogen-bond donors (Lipinski definition) is 3. The zero-order valence-corrected chi connectivity index (χ0v) is 17.1. The molecule has 3 rings (SSSR count). The van der Waals surface area contributed by atoms with E-state index in [1.54, 1.807) is 43.3 Å². The molecule has 2 aromatic rings. The van der Waals surface area contributed by atoms with E-state index in [0.717, 1.165) is 25.9 Å². The topological polar surface area (TPSA) is 87.3 Å². The summed E-state index contributed by atoms with van der Waals surface area (Å²) in [6.07, 6.45) is 1.93. The third kappa shape index (κ3) is 4.98. The average Bonchev–Trinajstić information content (AvgIpc) is 2.70. The summed E-state index contributed by atoms with van der Waals surface area (Å²) in [6.45, 7) is 5.56. The van der Waals surface area contributed by atoms with Crippen LogP contribution in [0.25, 0.3) is 0 Å². The van der Waals surface area contributed by atoms with Gasteiger partial charge in [-0.3, -0.25) is 4.79 Å². The van der Waals surface area contributed by atoms with Crippen molar-refractivity contribution in [3.05, 3.63) is 59.7 Å². The van der Waals surface area contributed by atoms with Crippen LogP contribution >= 0.6 is 0 Å². The number of aryl methyl sites for hydroxylation is 1. The Labute approximate surface area is 166 Å². The van der Waals surface area contributed by atoms with Gasteiger partial charge in [0.25, 0.3) is 5.91 Å². The Hall–Kier alpha value is -2.22. The van der Waals surface area contributed by atoms with E-state index in [2.05, 4.69) is 15.4 Å². The average molecular weight is 402 g/mol. The number of nitrogens with one attached hydrogen (secondary N) is 3. The largest absolute Gasteiger partial charge is 0.322 e. The molecule has 1 aliphatic heterocycles. The van der Waals surface area contributed by atoms with Crippen molar-refractivity contribution in [1.29, 1.82) is 0 Å². The van der Waals surface area contributed by atoms with Crippen LogP contribution in [0.4, 0.5) is 5.69 Å². The molecule has 0 aliphatic carbocycles. The van der Waals surface area contributed by atoms with Gasteiger partial charge >= 0.3 is 0 Å². The molecule has 1 fully saturated rings. The smallest absolute Gasteiger partial charge is 0.255 e. The minimum atomic E-state index is -3.61. The molecule has 3 N–H and O–H groups in total. The van der Waals surface area contributed by atoms with Gasteiger partial charge in [0.2, 0.25) is 10.0 Å². The highest BCUT2D eigenvalue weighted by Crippen LogP contribution is 2.22. The Morgan fingerprint density at radius 1 is 1.11 bits per heavy atom. The molecule has 0 bridgehead atoms. The number of anilines is 1. The lowest BCUT2D eigenvalue weighted by Crippen LogP contribution is -2.42. The summed E-state index contributed by atoms with van der Waals surface area (Å²) in [5, 5.41) is 6.13. The number of piperidine rings is 1. The van der Waals surface area contributed by atoms with Gasteiger partial charge in [0.05, 0.1) is 4.90 Å². The minimum Gasteiger partial charge on any atom is -0.322 e. The molecule has 2 aromatic carbocycles. The molecule has 0 spiro atoms. The van der Waals surface area contributed by atoms with E-state index >= 15 is 0 Å². The molecule has 1 aliphatic rings. The Morgan fingerprint density at radius 2 is 1.79 bits per heavy atom. The first-order valence-electron chi connectivity index (χ1n) is 9.57. The van der Waals surface area contributed by atoms with Gasteiger partial charge < -0.3 is 10.6 Å². The number of rotatable bonds is 6. The molecule has 0 radical (unpaired) electrons. The fraction of sp³-hybridized carbons (Fsp3) is 0.381. The molecule has 1 atom stereocenters. The van der Waals surface area contributed by atoms with Crippen molar-refractivity contribution >= 4 is 21.6 Å². The van der Waals surface area contributed by atoms with Gasteiger partial charge in [-0.05, 0) is 81.6 Å². The quantitative estimate of drug-likeness (QED) is 0.695. The van der Waals surface area contributed by atoms with Gasteiger partial charge in [-0.1, -0.05) is 18.2 Å². The Morgan fingerprint density at radius 3 is 2.43 bits per heavy atom. The molecule has 7 heteroatoms. The first-order valence-corrected chi connectivity index (χ1v) is 11.1. The number of sulfonamides is 1. The van der Waals surface area contributed by atoms with Crippen molar-refractivity contribution in [2.75, 3.05) is 18.4 Å². The summed E-state index contributed by atoms with van der Waals surface area (Å²) in [7, 11) is -3.61. The Balaban J connectivity index is 1.71. The Kier molecular flexibility index (Phi) is 6.49. The van der Waals surface area contributed by atoms with Gasteiger partial charge in [0, 0.05) is 17.3 Å². The lowest BCUT2D eigenvalue weighted by Gasteiger charge is -2.28. The first-order chi connectivity index (χ1) is 13.4. The number of hydrogen-bond acceptors (Lipinski definition) is 4. The van der Waals surface area contributed by atoms with Crippen LogP contribution in [-0.2, 0) is 10.0 Å².